The van der Waals surface area contributed by atoms with Gasteiger partial charge in [0.2, 0.25) is 0 Å². The zero-order valence-electron chi connectivity index (χ0n) is 15.3. The molecule has 26 heavy (non-hydrogen) atoms. The number of rotatable bonds is 8. The summed E-state index contributed by atoms with van der Waals surface area (Å²) in [6.07, 6.45) is 7.63. The van der Waals surface area contributed by atoms with E-state index in [2.05, 4.69) is 26.5 Å². The summed E-state index contributed by atoms with van der Waals surface area (Å²) in [5.74, 6) is 2.09. The lowest BCUT2D eigenvalue weighted by atomic mass is 10.1. The van der Waals surface area contributed by atoms with Crippen molar-refractivity contribution in [1.29, 1.82) is 0 Å². The molecule has 2 aliphatic heterocycles. The SMILES string of the molecule is CCCSNC1CC2=C(C(N)=CC=NCC)CN=C(c3nccs3)N2C1. The van der Waals surface area contributed by atoms with Gasteiger partial charge in [-0.25, -0.2) is 4.98 Å². The van der Waals surface area contributed by atoms with E-state index < -0.39 is 0 Å². The van der Waals surface area contributed by atoms with Crippen molar-refractivity contribution in [2.24, 2.45) is 15.7 Å². The van der Waals surface area contributed by atoms with Gasteiger partial charge < -0.3 is 10.6 Å². The summed E-state index contributed by atoms with van der Waals surface area (Å²) >= 11 is 3.43. The molecular weight excluding hydrogens is 364 g/mol. The molecule has 1 aromatic rings. The number of nitrogens with zero attached hydrogens (tertiary/aromatic N) is 4. The maximum Gasteiger partial charge on any atom is 0.165 e. The highest BCUT2D eigenvalue weighted by atomic mass is 32.2. The van der Waals surface area contributed by atoms with Gasteiger partial charge in [0.1, 0.15) is 0 Å². The molecule has 140 valence electrons. The number of thiazole rings is 1. The van der Waals surface area contributed by atoms with Gasteiger partial charge in [-0.2, -0.15) is 0 Å². The van der Waals surface area contributed by atoms with Crippen molar-refractivity contribution in [3.8, 4) is 0 Å². The fraction of sp³-hybridized carbons (Fsp3) is 0.500. The number of aromatic nitrogens is 1. The molecule has 0 amide bonds. The highest BCUT2D eigenvalue weighted by Crippen LogP contribution is 2.33. The summed E-state index contributed by atoms with van der Waals surface area (Å²) in [5.41, 5.74) is 9.48. The normalized spacial score (nSPS) is 20.8. The lowest BCUT2D eigenvalue weighted by Gasteiger charge is -2.27. The van der Waals surface area contributed by atoms with Crippen LogP contribution < -0.4 is 10.5 Å². The second-order valence-electron chi connectivity index (χ2n) is 6.15. The van der Waals surface area contributed by atoms with E-state index in [-0.39, 0.29) is 0 Å². The Morgan fingerprint density at radius 1 is 1.54 bits per heavy atom. The Hall–Kier alpha value is -1.64. The van der Waals surface area contributed by atoms with Crippen LogP contribution in [0.15, 0.2) is 44.6 Å². The zero-order valence-corrected chi connectivity index (χ0v) is 16.9. The van der Waals surface area contributed by atoms with Gasteiger partial charge in [-0.05, 0) is 19.4 Å². The number of nitrogens with one attached hydrogen (secondary N) is 1. The van der Waals surface area contributed by atoms with Crippen LogP contribution in [0.2, 0.25) is 0 Å². The monoisotopic (exact) mass is 390 g/mol. The molecule has 1 aromatic heterocycles. The van der Waals surface area contributed by atoms with Gasteiger partial charge in [0, 0.05) is 66.1 Å². The Kier molecular flexibility index (Phi) is 6.87. The first-order valence-corrected chi connectivity index (χ1v) is 10.9. The number of fused-ring (bicyclic) bond motifs is 1. The molecule has 0 saturated carbocycles. The van der Waals surface area contributed by atoms with Crippen molar-refractivity contribution in [3.63, 3.8) is 0 Å². The minimum atomic E-state index is 0.386. The smallest absolute Gasteiger partial charge is 0.165 e. The fourth-order valence-electron chi connectivity index (χ4n) is 3.04. The Labute approximate surface area is 163 Å². The summed E-state index contributed by atoms with van der Waals surface area (Å²) in [5, 5.41) is 2.97. The van der Waals surface area contributed by atoms with Gasteiger partial charge >= 0.3 is 0 Å². The van der Waals surface area contributed by atoms with E-state index >= 15 is 0 Å². The van der Waals surface area contributed by atoms with E-state index in [0.717, 1.165) is 47.4 Å². The summed E-state index contributed by atoms with van der Waals surface area (Å²) in [6.45, 7) is 6.46. The van der Waals surface area contributed by atoms with Crippen molar-refractivity contribution in [1.82, 2.24) is 14.6 Å². The average Bonchev–Trinajstić information content (AvgIpc) is 3.31. The van der Waals surface area contributed by atoms with E-state index in [9.17, 15) is 0 Å². The summed E-state index contributed by atoms with van der Waals surface area (Å²) in [7, 11) is 0. The van der Waals surface area contributed by atoms with Crippen LogP contribution in [0.5, 0.6) is 0 Å². The molecule has 6 nitrogen and oxygen atoms in total. The first-order chi connectivity index (χ1) is 12.7. The summed E-state index contributed by atoms with van der Waals surface area (Å²) in [6, 6.07) is 0.386. The number of amidine groups is 1. The molecule has 8 heteroatoms. The van der Waals surface area contributed by atoms with Gasteiger partial charge in [0.15, 0.2) is 10.8 Å². The molecule has 3 N–H and O–H groups in total. The zero-order chi connectivity index (χ0) is 18.4. The van der Waals surface area contributed by atoms with E-state index in [1.165, 1.54) is 12.1 Å². The fourth-order valence-corrected chi connectivity index (χ4v) is 4.41. The van der Waals surface area contributed by atoms with Gasteiger partial charge in [-0.3, -0.25) is 14.7 Å². The first kappa shape index (κ1) is 19.1. The van der Waals surface area contributed by atoms with E-state index in [4.69, 9.17) is 10.7 Å². The third-order valence-corrected chi connectivity index (χ3v) is 6.11. The third-order valence-electron chi connectivity index (χ3n) is 4.23. The Morgan fingerprint density at radius 2 is 2.42 bits per heavy atom. The van der Waals surface area contributed by atoms with Crippen molar-refractivity contribution >= 4 is 35.3 Å². The highest BCUT2D eigenvalue weighted by molar-refractivity contribution is 7.97. The maximum atomic E-state index is 6.35. The molecule has 3 rings (SSSR count). The second-order valence-corrected chi connectivity index (χ2v) is 7.98. The molecule has 0 aliphatic carbocycles. The van der Waals surface area contributed by atoms with Crippen molar-refractivity contribution in [2.45, 2.75) is 32.7 Å². The minimum Gasteiger partial charge on any atom is -0.398 e. The first-order valence-electron chi connectivity index (χ1n) is 9.01. The summed E-state index contributed by atoms with van der Waals surface area (Å²) in [4.78, 5) is 15.8. The molecule has 3 heterocycles. The van der Waals surface area contributed by atoms with Crippen molar-refractivity contribution in [3.05, 3.63) is 39.6 Å². The van der Waals surface area contributed by atoms with Gasteiger partial charge in [-0.1, -0.05) is 18.9 Å². The van der Waals surface area contributed by atoms with Crippen LogP contribution >= 0.6 is 23.3 Å². The molecule has 1 fully saturated rings. The average molecular weight is 391 g/mol. The van der Waals surface area contributed by atoms with Crippen LogP contribution in [0, 0.1) is 0 Å². The van der Waals surface area contributed by atoms with Crippen LogP contribution in [-0.4, -0.2) is 53.4 Å². The number of allylic oxidation sites excluding steroid dienone is 1. The molecule has 1 atom stereocenters. The predicted octanol–water partition coefficient (Wildman–Crippen LogP) is 2.81. The lowest BCUT2D eigenvalue weighted by molar-refractivity contribution is 0.538. The van der Waals surface area contributed by atoms with Crippen LogP contribution in [0.4, 0.5) is 0 Å². The van der Waals surface area contributed by atoms with Crippen molar-refractivity contribution in [2.75, 3.05) is 25.4 Å². The Balaban J connectivity index is 1.85. The maximum absolute atomic E-state index is 6.35. The van der Waals surface area contributed by atoms with E-state index in [1.54, 1.807) is 29.5 Å². The molecule has 1 saturated heterocycles. The lowest BCUT2D eigenvalue weighted by Crippen LogP contribution is -2.35. The molecule has 0 bridgehead atoms. The number of aliphatic imine (C=N–C) groups is 2. The van der Waals surface area contributed by atoms with E-state index in [1.807, 2.05) is 24.6 Å². The van der Waals surface area contributed by atoms with Crippen LogP contribution in [0.25, 0.3) is 0 Å². The topological polar surface area (TPSA) is 78.9 Å². The van der Waals surface area contributed by atoms with Gasteiger partial charge in [0.25, 0.3) is 0 Å². The Morgan fingerprint density at radius 3 is 3.15 bits per heavy atom. The minimum absolute atomic E-state index is 0.386. The second kappa shape index (κ2) is 9.34. The number of nitrogens with two attached hydrogens (primary N) is 1. The molecule has 0 spiro atoms. The van der Waals surface area contributed by atoms with Crippen LogP contribution in [0.3, 0.4) is 0 Å². The Bertz CT molecular complexity index is 720. The van der Waals surface area contributed by atoms with Gasteiger partial charge in [-0.15, -0.1) is 11.3 Å². The summed E-state index contributed by atoms with van der Waals surface area (Å²) < 4.78 is 3.60. The molecule has 2 aliphatic rings. The quantitative estimate of drug-likeness (QED) is 0.405. The van der Waals surface area contributed by atoms with Crippen molar-refractivity contribution < 1.29 is 0 Å². The van der Waals surface area contributed by atoms with E-state index in [0.29, 0.717) is 12.6 Å². The standard InChI is InChI=1S/C18H26N6S2/c1-3-8-26-23-13-10-16-14(15(19)5-6-20-4-2)11-22-17(24(16)12-13)18-21-7-9-25-18/h5-7,9,13,23H,3-4,8,10-12,19H2,1-2H3. The molecule has 0 radical (unpaired) electrons. The third kappa shape index (κ3) is 4.36. The predicted molar refractivity (Wildman–Crippen MR) is 113 cm³/mol. The molecular formula is C18H26N6S2. The largest absolute Gasteiger partial charge is 0.398 e. The van der Waals surface area contributed by atoms with Crippen LogP contribution in [0.1, 0.15) is 31.7 Å². The molecule has 0 aromatic carbocycles. The van der Waals surface area contributed by atoms with Gasteiger partial charge in [0.05, 0.1) is 6.54 Å². The number of hydrogen-bond acceptors (Lipinski definition) is 8. The highest BCUT2D eigenvalue weighted by Gasteiger charge is 2.35. The molecule has 1 unspecified atom stereocenters. The number of hydrogen-bond donors (Lipinski definition) is 2. The van der Waals surface area contributed by atoms with Crippen LogP contribution in [-0.2, 0) is 0 Å².